The summed E-state index contributed by atoms with van der Waals surface area (Å²) in [5, 5.41) is 6.29. The Hall–Kier alpha value is -0.570. The van der Waals surface area contributed by atoms with Crippen LogP contribution in [0.1, 0.15) is 60.3 Å². The first-order valence-electron chi connectivity index (χ1n) is 7.01. The Morgan fingerprint density at radius 2 is 1.76 bits per heavy atom. The number of hydrogen-bond donors (Lipinski definition) is 2. The van der Waals surface area contributed by atoms with Crippen LogP contribution >= 0.6 is 0 Å². The molecule has 0 heterocycles. The molecule has 3 heteroatoms. The van der Waals surface area contributed by atoms with E-state index in [-0.39, 0.29) is 11.9 Å². The fraction of sp³-hybridized carbons (Fsp3) is 0.929. The number of nitrogens with one attached hydrogen (secondary N) is 2. The first-order valence-corrected chi connectivity index (χ1v) is 7.01. The summed E-state index contributed by atoms with van der Waals surface area (Å²) >= 11 is 0. The minimum absolute atomic E-state index is 0.0416. The molecule has 0 aliphatic rings. The lowest BCUT2D eigenvalue weighted by Gasteiger charge is -2.19. The average Bonchev–Trinajstić information content (AvgIpc) is 2.24. The lowest BCUT2D eigenvalue weighted by atomic mass is 10.1. The maximum atomic E-state index is 11.8. The molecule has 0 bridgehead atoms. The fourth-order valence-electron chi connectivity index (χ4n) is 1.79. The molecule has 0 spiro atoms. The normalized spacial score (nSPS) is 13.1. The number of amides is 1. The number of hydrogen-bond acceptors (Lipinski definition) is 2. The van der Waals surface area contributed by atoms with Gasteiger partial charge >= 0.3 is 0 Å². The van der Waals surface area contributed by atoms with Crippen molar-refractivity contribution in [3.8, 4) is 0 Å². The highest BCUT2D eigenvalue weighted by atomic mass is 16.2. The van der Waals surface area contributed by atoms with Crippen molar-refractivity contribution >= 4 is 5.91 Å². The van der Waals surface area contributed by atoms with Crippen LogP contribution in [0.25, 0.3) is 0 Å². The molecule has 0 aliphatic carbocycles. The predicted octanol–water partition coefficient (Wildman–Crippen LogP) is 2.71. The monoisotopic (exact) mass is 242 g/mol. The molecule has 0 aromatic heterocycles. The minimum Gasteiger partial charge on any atom is -0.355 e. The van der Waals surface area contributed by atoms with Crippen molar-refractivity contribution in [3.05, 3.63) is 0 Å². The van der Waals surface area contributed by atoms with E-state index in [1.54, 1.807) is 0 Å². The molecule has 0 aliphatic heterocycles. The Morgan fingerprint density at radius 1 is 1.12 bits per heavy atom. The van der Waals surface area contributed by atoms with Crippen molar-refractivity contribution in [3.63, 3.8) is 0 Å². The average molecular weight is 242 g/mol. The molecule has 0 rings (SSSR count). The van der Waals surface area contributed by atoms with E-state index in [1.165, 1.54) is 12.8 Å². The van der Waals surface area contributed by atoms with Crippen LogP contribution in [-0.2, 0) is 4.79 Å². The van der Waals surface area contributed by atoms with Gasteiger partial charge in [0, 0.05) is 12.6 Å². The number of rotatable bonds is 9. The molecule has 17 heavy (non-hydrogen) atoms. The fourth-order valence-corrected chi connectivity index (χ4v) is 1.79. The molecule has 0 aromatic rings. The van der Waals surface area contributed by atoms with Gasteiger partial charge in [0.25, 0.3) is 0 Å². The maximum Gasteiger partial charge on any atom is 0.237 e. The summed E-state index contributed by atoms with van der Waals surface area (Å²) in [6, 6.07) is 0.312. The standard InChI is InChI=1S/C14H30N2O/c1-6-13(16-12(4)5)14(17)15-10-8-7-9-11(2)3/h11-13,16H,6-10H2,1-5H3,(H,15,17). The van der Waals surface area contributed by atoms with E-state index in [0.717, 1.165) is 25.3 Å². The zero-order valence-corrected chi connectivity index (χ0v) is 12.2. The second-order valence-corrected chi connectivity index (χ2v) is 5.46. The zero-order chi connectivity index (χ0) is 13.3. The Labute approximate surface area is 107 Å². The van der Waals surface area contributed by atoms with Gasteiger partial charge in [-0.25, -0.2) is 0 Å². The lowest BCUT2D eigenvalue weighted by molar-refractivity contribution is -0.123. The van der Waals surface area contributed by atoms with Crippen LogP contribution in [0.4, 0.5) is 0 Å². The topological polar surface area (TPSA) is 41.1 Å². The summed E-state index contributed by atoms with van der Waals surface area (Å²) in [7, 11) is 0. The second kappa shape index (κ2) is 9.46. The van der Waals surface area contributed by atoms with Crippen LogP contribution in [0.15, 0.2) is 0 Å². The third-order valence-corrected chi connectivity index (χ3v) is 2.77. The van der Waals surface area contributed by atoms with Crippen LogP contribution < -0.4 is 10.6 Å². The Kier molecular flexibility index (Phi) is 9.14. The van der Waals surface area contributed by atoms with E-state index in [2.05, 4.69) is 38.3 Å². The molecular formula is C14H30N2O. The van der Waals surface area contributed by atoms with Gasteiger partial charge in [-0.1, -0.05) is 47.5 Å². The molecule has 3 nitrogen and oxygen atoms in total. The summed E-state index contributed by atoms with van der Waals surface area (Å²) in [5.74, 6) is 0.905. The van der Waals surface area contributed by atoms with Gasteiger partial charge in [0.15, 0.2) is 0 Å². The van der Waals surface area contributed by atoms with Gasteiger partial charge in [0.05, 0.1) is 6.04 Å². The highest BCUT2D eigenvalue weighted by Gasteiger charge is 2.15. The second-order valence-electron chi connectivity index (χ2n) is 5.46. The Bertz CT molecular complexity index is 202. The number of carbonyl (C=O) groups excluding carboxylic acids is 1. The molecule has 1 atom stereocenters. The van der Waals surface area contributed by atoms with Crippen molar-refractivity contribution in [2.45, 2.75) is 72.4 Å². The largest absolute Gasteiger partial charge is 0.355 e. The van der Waals surface area contributed by atoms with Crippen molar-refractivity contribution in [1.82, 2.24) is 10.6 Å². The lowest BCUT2D eigenvalue weighted by Crippen LogP contribution is -2.46. The minimum atomic E-state index is -0.0416. The molecule has 1 amide bonds. The Balaban J connectivity index is 3.68. The van der Waals surface area contributed by atoms with Gasteiger partial charge < -0.3 is 10.6 Å². The smallest absolute Gasteiger partial charge is 0.237 e. The van der Waals surface area contributed by atoms with Gasteiger partial charge in [-0.05, 0) is 18.8 Å². The van der Waals surface area contributed by atoms with E-state index < -0.39 is 0 Å². The quantitative estimate of drug-likeness (QED) is 0.610. The molecule has 0 saturated carbocycles. The van der Waals surface area contributed by atoms with Gasteiger partial charge in [0.1, 0.15) is 0 Å². The van der Waals surface area contributed by atoms with Crippen LogP contribution in [0.3, 0.4) is 0 Å². The van der Waals surface area contributed by atoms with Crippen molar-refractivity contribution in [2.24, 2.45) is 5.92 Å². The van der Waals surface area contributed by atoms with Crippen LogP contribution in [0.5, 0.6) is 0 Å². The van der Waals surface area contributed by atoms with E-state index in [4.69, 9.17) is 0 Å². The van der Waals surface area contributed by atoms with E-state index >= 15 is 0 Å². The molecule has 102 valence electrons. The maximum absolute atomic E-state index is 11.8. The molecule has 0 aromatic carbocycles. The molecule has 0 fully saturated rings. The summed E-state index contributed by atoms with van der Waals surface area (Å²) < 4.78 is 0. The molecule has 0 radical (unpaired) electrons. The SMILES string of the molecule is CCC(NC(C)C)C(=O)NCCCCC(C)C. The van der Waals surface area contributed by atoms with E-state index in [9.17, 15) is 4.79 Å². The molecular weight excluding hydrogens is 212 g/mol. The number of carbonyl (C=O) groups is 1. The molecule has 2 N–H and O–H groups in total. The van der Waals surface area contributed by atoms with E-state index in [1.807, 2.05) is 6.92 Å². The summed E-state index contributed by atoms with van der Waals surface area (Å²) in [5.41, 5.74) is 0. The highest BCUT2D eigenvalue weighted by Crippen LogP contribution is 2.05. The zero-order valence-electron chi connectivity index (χ0n) is 12.2. The predicted molar refractivity (Wildman–Crippen MR) is 74.0 cm³/mol. The van der Waals surface area contributed by atoms with E-state index in [0.29, 0.717) is 6.04 Å². The summed E-state index contributed by atoms with van der Waals surface area (Å²) in [4.78, 5) is 11.8. The highest BCUT2D eigenvalue weighted by molar-refractivity contribution is 5.81. The van der Waals surface area contributed by atoms with Crippen LogP contribution in [-0.4, -0.2) is 24.5 Å². The van der Waals surface area contributed by atoms with Gasteiger partial charge in [-0.2, -0.15) is 0 Å². The first kappa shape index (κ1) is 16.4. The third kappa shape index (κ3) is 9.16. The summed E-state index contributed by atoms with van der Waals surface area (Å²) in [6.45, 7) is 11.5. The Morgan fingerprint density at radius 3 is 2.24 bits per heavy atom. The third-order valence-electron chi connectivity index (χ3n) is 2.77. The van der Waals surface area contributed by atoms with Crippen molar-refractivity contribution < 1.29 is 4.79 Å². The van der Waals surface area contributed by atoms with Crippen molar-refractivity contribution in [1.29, 1.82) is 0 Å². The number of unbranched alkanes of at least 4 members (excludes halogenated alkanes) is 1. The molecule has 0 saturated heterocycles. The van der Waals surface area contributed by atoms with Gasteiger partial charge in [0.2, 0.25) is 5.91 Å². The van der Waals surface area contributed by atoms with Gasteiger partial charge in [-0.15, -0.1) is 0 Å². The van der Waals surface area contributed by atoms with Gasteiger partial charge in [-0.3, -0.25) is 4.79 Å². The molecule has 1 unspecified atom stereocenters. The van der Waals surface area contributed by atoms with Crippen LogP contribution in [0.2, 0.25) is 0 Å². The van der Waals surface area contributed by atoms with Crippen LogP contribution in [0, 0.1) is 5.92 Å². The summed E-state index contributed by atoms with van der Waals surface area (Å²) in [6.07, 6.45) is 4.38. The van der Waals surface area contributed by atoms with Crippen molar-refractivity contribution in [2.75, 3.05) is 6.54 Å². The first-order chi connectivity index (χ1) is 7.97.